The van der Waals surface area contributed by atoms with Crippen LogP contribution in [0.4, 0.5) is 4.39 Å². The van der Waals surface area contributed by atoms with E-state index in [0.717, 1.165) is 0 Å². The van der Waals surface area contributed by atoms with Gasteiger partial charge in [-0.3, -0.25) is 9.18 Å². The highest BCUT2D eigenvalue weighted by Gasteiger charge is 2.32. The monoisotopic (exact) mass is 177 g/mol. The van der Waals surface area contributed by atoms with Gasteiger partial charge in [0.2, 0.25) is 0 Å². The minimum absolute atomic E-state index is 0.194. The van der Waals surface area contributed by atoms with E-state index < -0.39 is 12.1 Å². The molecule has 0 heterocycles. The Morgan fingerprint density at radius 2 is 2.25 bits per heavy atom. The van der Waals surface area contributed by atoms with Crippen molar-refractivity contribution in [2.24, 2.45) is 11.1 Å². The molecule has 0 aromatic rings. The Kier molecular flexibility index (Phi) is 4.81. The topological polar surface area (TPSA) is 52.3 Å². The van der Waals surface area contributed by atoms with E-state index in [1.807, 2.05) is 0 Å². The van der Waals surface area contributed by atoms with Crippen molar-refractivity contribution in [2.45, 2.75) is 19.8 Å². The first-order valence-electron chi connectivity index (χ1n) is 3.95. The van der Waals surface area contributed by atoms with Gasteiger partial charge in [-0.1, -0.05) is 0 Å². The number of carbonyl (C=O) groups is 1. The molecule has 0 rings (SSSR count). The Morgan fingerprint density at radius 1 is 1.67 bits per heavy atom. The van der Waals surface area contributed by atoms with Gasteiger partial charge < -0.3 is 10.5 Å². The average molecular weight is 177 g/mol. The van der Waals surface area contributed by atoms with Gasteiger partial charge in [-0.25, -0.2) is 0 Å². The highest BCUT2D eigenvalue weighted by Crippen LogP contribution is 2.23. The molecule has 0 radical (unpaired) electrons. The van der Waals surface area contributed by atoms with E-state index >= 15 is 0 Å². The van der Waals surface area contributed by atoms with E-state index in [9.17, 15) is 9.18 Å². The summed E-state index contributed by atoms with van der Waals surface area (Å²) in [7, 11) is 1.31. The number of alkyl halides is 1. The summed E-state index contributed by atoms with van der Waals surface area (Å²) in [4.78, 5) is 11.1. The van der Waals surface area contributed by atoms with Gasteiger partial charge >= 0.3 is 5.97 Å². The molecule has 1 unspecified atom stereocenters. The second-order valence-electron chi connectivity index (χ2n) is 3.05. The second kappa shape index (κ2) is 5.09. The van der Waals surface area contributed by atoms with Crippen molar-refractivity contribution >= 4 is 5.97 Å². The average Bonchev–Trinajstić information content (AvgIpc) is 2.12. The fourth-order valence-electron chi connectivity index (χ4n) is 0.991. The summed E-state index contributed by atoms with van der Waals surface area (Å²) in [6.07, 6.45) is 0.787. The van der Waals surface area contributed by atoms with Gasteiger partial charge in [0, 0.05) is 6.54 Å². The van der Waals surface area contributed by atoms with E-state index in [0.29, 0.717) is 12.8 Å². The molecular weight excluding hydrogens is 161 g/mol. The first-order chi connectivity index (χ1) is 5.60. The quantitative estimate of drug-likeness (QED) is 0.634. The molecule has 0 amide bonds. The lowest BCUT2D eigenvalue weighted by Crippen LogP contribution is -2.36. The highest BCUT2D eigenvalue weighted by molar-refractivity contribution is 5.76. The fourth-order valence-corrected chi connectivity index (χ4v) is 0.991. The van der Waals surface area contributed by atoms with Crippen molar-refractivity contribution in [3.05, 3.63) is 0 Å². The summed E-state index contributed by atoms with van der Waals surface area (Å²) in [5.74, 6) is -0.363. The molecule has 1 atom stereocenters. The van der Waals surface area contributed by atoms with Crippen molar-refractivity contribution in [2.75, 3.05) is 20.3 Å². The van der Waals surface area contributed by atoms with Crippen molar-refractivity contribution in [3.63, 3.8) is 0 Å². The number of ether oxygens (including phenoxy) is 1. The highest BCUT2D eigenvalue weighted by atomic mass is 19.1. The third-order valence-electron chi connectivity index (χ3n) is 1.99. The Morgan fingerprint density at radius 3 is 2.58 bits per heavy atom. The molecule has 0 aliphatic carbocycles. The Bertz CT molecular complexity index is 152. The van der Waals surface area contributed by atoms with Crippen LogP contribution in [0.15, 0.2) is 0 Å². The molecule has 0 saturated heterocycles. The molecule has 0 fully saturated rings. The van der Waals surface area contributed by atoms with Crippen LogP contribution in [0.2, 0.25) is 0 Å². The van der Waals surface area contributed by atoms with Crippen LogP contribution in [-0.4, -0.2) is 26.3 Å². The fraction of sp³-hybridized carbons (Fsp3) is 0.875. The maximum Gasteiger partial charge on any atom is 0.312 e. The Balaban J connectivity index is 4.13. The standard InChI is InChI=1S/C8H16FNO2/c1-8(6-10,4-3-5-9)7(11)12-2/h3-6,10H2,1-2H3. The molecule has 4 heteroatoms. The summed E-state index contributed by atoms with van der Waals surface area (Å²) >= 11 is 0. The van der Waals surface area contributed by atoms with Gasteiger partial charge in [0.25, 0.3) is 0 Å². The summed E-state index contributed by atoms with van der Waals surface area (Å²) < 4.78 is 16.4. The molecule has 2 N–H and O–H groups in total. The number of esters is 1. The molecule has 0 aromatic carbocycles. The zero-order valence-corrected chi connectivity index (χ0v) is 7.60. The summed E-state index contributed by atoms with van der Waals surface area (Å²) in [6, 6.07) is 0. The predicted octanol–water partition coefficient (Wildman–Crippen LogP) is 0.874. The van der Waals surface area contributed by atoms with Gasteiger partial charge in [-0.05, 0) is 19.8 Å². The number of hydrogen-bond acceptors (Lipinski definition) is 3. The van der Waals surface area contributed by atoms with Crippen molar-refractivity contribution in [1.82, 2.24) is 0 Å². The minimum Gasteiger partial charge on any atom is -0.469 e. The maximum atomic E-state index is 11.8. The lowest BCUT2D eigenvalue weighted by atomic mass is 9.86. The van der Waals surface area contributed by atoms with Gasteiger partial charge in [-0.2, -0.15) is 0 Å². The first-order valence-corrected chi connectivity index (χ1v) is 3.95. The van der Waals surface area contributed by atoms with Crippen LogP contribution < -0.4 is 5.73 Å². The summed E-state index contributed by atoms with van der Waals surface area (Å²) in [5.41, 5.74) is 4.68. The van der Waals surface area contributed by atoms with Crippen LogP contribution >= 0.6 is 0 Å². The minimum atomic E-state index is -0.721. The Hall–Kier alpha value is -0.640. The van der Waals surface area contributed by atoms with Crippen LogP contribution in [0.1, 0.15) is 19.8 Å². The van der Waals surface area contributed by atoms with Crippen molar-refractivity contribution in [1.29, 1.82) is 0 Å². The number of nitrogens with two attached hydrogens (primary N) is 1. The molecule has 0 bridgehead atoms. The molecule has 0 saturated carbocycles. The smallest absolute Gasteiger partial charge is 0.312 e. The van der Waals surface area contributed by atoms with E-state index in [-0.39, 0.29) is 12.5 Å². The lowest BCUT2D eigenvalue weighted by molar-refractivity contribution is -0.151. The van der Waals surface area contributed by atoms with Crippen LogP contribution in [0.3, 0.4) is 0 Å². The molecule has 3 nitrogen and oxygen atoms in total. The number of methoxy groups -OCH3 is 1. The van der Waals surface area contributed by atoms with Gasteiger partial charge in [0.15, 0.2) is 0 Å². The van der Waals surface area contributed by atoms with Gasteiger partial charge in [0.05, 0.1) is 19.2 Å². The largest absolute Gasteiger partial charge is 0.469 e. The van der Waals surface area contributed by atoms with Crippen LogP contribution in [-0.2, 0) is 9.53 Å². The summed E-state index contributed by atoms with van der Waals surface area (Å²) in [5, 5.41) is 0. The van der Waals surface area contributed by atoms with E-state index in [1.165, 1.54) is 7.11 Å². The second-order valence-corrected chi connectivity index (χ2v) is 3.05. The van der Waals surface area contributed by atoms with Crippen molar-refractivity contribution < 1.29 is 13.9 Å². The van der Waals surface area contributed by atoms with Crippen LogP contribution in [0.5, 0.6) is 0 Å². The summed E-state index contributed by atoms with van der Waals surface area (Å²) in [6.45, 7) is 1.46. The molecule has 12 heavy (non-hydrogen) atoms. The van der Waals surface area contributed by atoms with E-state index in [1.54, 1.807) is 6.92 Å². The number of rotatable bonds is 5. The van der Waals surface area contributed by atoms with E-state index in [4.69, 9.17) is 5.73 Å². The molecule has 0 aliphatic rings. The van der Waals surface area contributed by atoms with Gasteiger partial charge in [0.1, 0.15) is 0 Å². The Labute approximate surface area is 72.1 Å². The van der Waals surface area contributed by atoms with Gasteiger partial charge in [-0.15, -0.1) is 0 Å². The maximum absolute atomic E-state index is 11.8. The number of hydrogen-bond donors (Lipinski definition) is 1. The first kappa shape index (κ1) is 11.4. The van der Waals surface area contributed by atoms with Crippen molar-refractivity contribution in [3.8, 4) is 0 Å². The molecule has 0 spiro atoms. The van der Waals surface area contributed by atoms with Crippen LogP contribution in [0, 0.1) is 5.41 Å². The molecular formula is C8H16FNO2. The third-order valence-corrected chi connectivity index (χ3v) is 1.99. The normalized spacial score (nSPS) is 15.3. The van der Waals surface area contributed by atoms with E-state index in [2.05, 4.69) is 4.74 Å². The number of carbonyl (C=O) groups excluding carboxylic acids is 1. The SMILES string of the molecule is COC(=O)C(C)(CN)CCCF. The zero-order chi connectivity index (χ0) is 9.61. The lowest BCUT2D eigenvalue weighted by Gasteiger charge is -2.23. The zero-order valence-electron chi connectivity index (χ0n) is 7.60. The van der Waals surface area contributed by atoms with Crippen LogP contribution in [0.25, 0.3) is 0 Å². The molecule has 0 aliphatic heterocycles. The number of halogens is 1. The molecule has 0 aromatic heterocycles. The third kappa shape index (κ3) is 2.77. The predicted molar refractivity (Wildman–Crippen MR) is 44.4 cm³/mol. The molecule has 72 valence electrons.